The molecule has 0 atom stereocenters. The Kier molecular flexibility index (Phi) is 6.75. The number of nitrogens with zero attached hydrogens (tertiary/aromatic N) is 1. The lowest BCUT2D eigenvalue weighted by atomic mass is 10.1. The fourth-order valence-electron chi connectivity index (χ4n) is 3.70. The Morgan fingerprint density at radius 1 is 0.886 bits per heavy atom. The summed E-state index contributed by atoms with van der Waals surface area (Å²) in [5.74, 6) is -0.860. The number of benzene rings is 3. The molecule has 11 heteroatoms. The summed E-state index contributed by atoms with van der Waals surface area (Å²) in [5, 5.41) is 8.33. The van der Waals surface area contributed by atoms with Gasteiger partial charge in [0.2, 0.25) is 25.8 Å². The van der Waals surface area contributed by atoms with Crippen LogP contribution in [0, 0.1) is 5.82 Å². The molecule has 1 aromatic heterocycles. The van der Waals surface area contributed by atoms with Gasteiger partial charge in [-0.3, -0.25) is 4.79 Å². The standard InChI is InChI=1S/C24H22FN3O5S2/c25-18-7-11-19(12-8-18)34(30,31)23-15-28(22-4-2-1-3-21(22)23)16-24(29)27-14-13-17-5-9-20(10-6-17)35(26,32)33/h1-12,15H,13-14,16H2,(H,27,29)(H2,26,32,33). The van der Waals surface area contributed by atoms with Gasteiger partial charge in [0, 0.05) is 23.6 Å². The van der Waals surface area contributed by atoms with Crippen LogP contribution in [-0.4, -0.2) is 33.9 Å². The summed E-state index contributed by atoms with van der Waals surface area (Å²) >= 11 is 0. The van der Waals surface area contributed by atoms with E-state index in [9.17, 15) is 26.0 Å². The molecule has 4 rings (SSSR count). The number of carbonyl (C=O) groups is 1. The van der Waals surface area contributed by atoms with E-state index in [0.717, 1.165) is 17.7 Å². The Balaban J connectivity index is 1.49. The lowest BCUT2D eigenvalue weighted by Gasteiger charge is -2.08. The molecule has 0 radical (unpaired) electrons. The number of amides is 1. The molecule has 0 spiro atoms. The lowest BCUT2D eigenvalue weighted by molar-refractivity contribution is -0.121. The van der Waals surface area contributed by atoms with E-state index in [1.54, 1.807) is 41.0 Å². The largest absolute Gasteiger partial charge is 0.354 e. The minimum absolute atomic E-state index is 0.0103. The number of hydrogen-bond donors (Lipinski definition) is 2. The van der Waals surface area contributed by atoms with Gasteiger partial charge in [-0.05, 0) is 54.4 Å². The summed E-state index contributed by atoms with van der Waals surface area (Å²) in [5.41, 5.74) is 1.39. The van der Waals surface area contributed by atoms with Crippen LogP contribution in [0.5, 0.6) is 0 Å². The number of sulfone groups is 1. The average molecular weight is 516 g/mol. The minimum atomic E-state index is -3.94. The fourth-order valence-corrected chi connectivity index (χ4v) is 5.69. The zero-order chi connectivity index (χ0) is 25.2. The average Bonchev–Trinajstić information content (AvgIpc) is 3.18. The van der Waals surface area contributed by atoms with E-state index >= 15 is 0 Å². The van der Waals surface area contributed by atoms with Gasteiger partial charge in [-0.15, -0.1) is 0 Å². The van der Waals surface area contributed by atoms with E-state index in [2.05, 4.69) is 5.32 Å². The normalized spacial score (nSPS) is 12.1. The quantitative estimate of drug-likeness (QED) is 0.349. The van der Waals surface area contributed by atoms with Gasteiger partial charge in [0.25, 0.3) is 0 Å². The monoisotopic (exact) mass is 515 g/mol. The summed E-state index contributed by atoms with van der Waals surface area (Å²) in [6.07, 6.45) is 1.88. The molecule has 0 unspecified atom stereocenters. The summed E-state index contributed by atoms with van der Waals surface area (Å²) in [6, 6.07) is 17.5. The van der Waals surface area contributed by atoms with Gasteiger partial charge in [0.1, 0.15) is 12.4 Å². The molecule has 0 aliphatic heterocycles. The first-order chi connectivity index (χ1) is 16.6. The number of carbonyl (C=O) groups excluding carboxylic acids is 1. The van der Waals surface area contributed by atoms with Crippen molar-refractivity contribution in [1.29, 1.82) is 0 Å². The molecule has 0 bridgehead atoms. The molecule has 4 aromatic rings. The molecule has 1 amide bonds. The smallest absolute Gasteiger partial charge is 0.239 e. The van der Waals surface area contributed by atoms with Gasteiger partial charge < -0.3 is 9.88 Å². The summed E-state index contributed by atoms with van der Waals surface area (Å²) in [7, 11) is -7.70. The number of primary sulfonamides is 1. The molecule has 0 saturated heterocycles. The number of nitrogens with two attached hydrogens (primary N) is 1. The van der Waals surface area contributed by atoms with Crippen LogP contribution in [0.3, 0.4) is 0 Å². The van der Waals surface area contributed by atoms with Crippen molar-refractivity contribution in [1.82, 2.24) is 9.88 Å². The Morgan fingerprint density at radius 2 is 1.51 bits per heavy atom. The van der Waals surface area contributed by atoms with Crippen LogP contribution in [0.25, 0.3) is 10.9 Å². The predicted octanol–water partition coefficient (Wildman–Crippen LogP) is 2.62. The molecule has 35 heavy (non-hydrogen) atoms. The number of rotatable bonds is 8. The summed E-state index contributed by atoms with van der Waals surface area (Å²) < 4.78 is 63.9. The summed E-state index contributed by atoms with van der Waals surface area (Å²) in [6.45, 7) is 0.192. The van der Waals surface area contributed by atoms with Crippen molar-refractivity contribution in [2.24, 2.45) is 5.14 Å². The minimum Gasteiger partial charge on any atom is -0.354 e. The van der Waals surface area contributed by atoms with Crippen molar-refractivity contribution in [2.45, 2.75) is 27.7 Å². The van der Waals surface area contributed by atoms with Crippen LogP contribution in [0.1, 0.15) is 5.56 Å². The van der Waals surface area contributed by atoms with Crippen LogP contribution in [0.15, 0.2) is 93.7 Å². The maximum absolute atomic E-state index is 13.3. The number of sulfonamides is 1. The number of nitrogens with one attached hydrogen (secondary N) is 1. The van der Waals surface area contributed by atoms with Crippen LogP contribution < -0.4 is 10.5 Å². The lowest BCUT2D eigenvalue weighted by Crippen LogP contribution is -2.29. The van der Waals surface area contributed by atoms with E-state index in [0.29, 0.717) is 23.9 Å². The van der Waals surface area contributed by atoms with E-state index in [1.807, 2.05) is 0 Å². The van der Waals surface area contributed by atoms with Crippen LogP contribution in [0.2, 0.25) is 0 Å². The maximum Gasteiger partial charge on any atom is 0.239 e. The molecule has 0 saturated carbocycles. The van der Waals surface area contributed by atoms with Crippen molar-refractivity contribution >= 4 is 36.7 Å². The SMILES string of the molecule is NS(=O)(=O)c1ccc(CCNC(=O)Cn2cc(S(=O)(=O)c3ccc(F)cc3)c3ccccc32)cc1. The Labute approximate surface area is 202 Å². The maximum atomic E-state index is 13.3. The number of para-hydroxylation sites is 1. The van der Waals surface area contributed by atoms with Crippen molar-refractivity contribution in [3.05, 3.63) is 90.4 Å². The van der Waals surface area contributed by atoms with Crippen molar-refractivity contribution in [3.8, 4) is 0 Å². The third-order valence-corrected chi connectivity index (χ3v) is 8.19. The molecule has 8 nitrogen and oxygen atoms in total. The van der Waals surface area contributed by atoms with Crippen LogP contribution >= 0.6 is 0 Å². The number of hydrogen-bond acceptors (Lipinski definition) is 5. The molecular weight excluding hydrogens is 493 g/mol. The van der Waals surface area contributed by atoms with Gasteiger partial charge in [0.05, 0.1) is 14.7 Å². The molecule has 3 aromatic carbocycles. The van der Waals surface area contributed by atoms with Gasteiger partial charge in [-0.2, -0.15) is 0 Å². The topological polar surface area (TPSA) is 128 Å². The van der Waals surface area contributed by atoms with Crippen LogP contribution in [-0.2, 0) is 37.6 Å². The number of halogens is 1. The molecule has 3 N–H and O–H groups in total. The second-order valence-corrected chi connectivity index (χ2v) is 11.4. The molecule has 182 valence electrons. The first-order valence-corrected chi connectivity index (χ1v) is 13.6. The molecule has 1 heterocycles. The third-order valence-electron chi connectivity index (χ3n) is 5.47. The molecule has 0 aliphatic rings. The van der Waals surface area contributed by atoms with E-state index in [1.165, 1.54) is 30.5 Å². The highest BCUT2D eigenvalue weighted by Crippen LogP contribution is 2.30. The van der Waals surface area contributed by atoms with Crippen molar-refractivity contribution in [3.63, 3.8) is 0 Å². The second kappa shape index (κ2) is 9.61. The second-order valence-electron chi connectivity index (χ2n) is 7.88. The van der Waals surface area contributed by atoms with Gasteiger partial charge >= 0.3 is 0 Å². The van der Waals surface area contributed by atoms with E-state index < -0.39 is 25.7 Å². The molecule has 0 fully saturated rings. The first kappa shape index (κ1) is 24.6. The first-order valence-electron chi connectivity index (χ1n) is 10.5. The van der Waals surface area contributed by atoms with Crippen molar-refractivity contribution in [2.75, 3.05) is 6.54 Å². The van der Waals surface area contributed by atoms with Crippen molar-refractivity contribution < 1.29 is 26.0 Å². The zero-order valence-corrected chi connectivity index (χ0v) is 20.0. The Morgan fingerprint density at radius 3 is 2.17 bits per heavy atom. The number of aromatic nitrogens is 1. The highest BCUT2D eigenvalue weighted by atomic mass is 32.2. The highest BCUT2D eigenvalue weighted by Gasteiger charge is 2.24. The Hall–Kier alpha value is -3.54. The van der Waals surface area contributed by atoms with Gasteiger partial charge in [0.15, 0.2) is 0 Å². The fraction of sp³-hybridized carbons (Fsp3) is 0.125. The number of fused-ring (bicyclic) bond motifs is 1. The molecular formula is C24H22FN3O5S2. The predicted molar refractivity (Wildman–Crippen MR) is 128 cm³/mol. The Bertz CT molecular complexity index is 1600. The van der Waals surface area contributed by atoms with E-state index in [-0.39, 0.29) is 27.1 Å². The van der Waals surface area contributed by atoms with E-state index in [4.69, 9.17) is 5.14 Å². The van der Waals surface area contributed by atoms with Gasteiger partial charge in [-0.1, -0.05) is 30.3 Å². The summed E-state index contributed by atoms with van der Waals surface area (Å²) in [4.78, 5) is 12.6. The molecule has 0 aliphatic carbocycles. The third kappa shape index (κ3) is 5.42. The van der Waals surface area contributed by atoms with Gasteiger partial charge in [-0.25, -0.2) is 26.4 Å². The highest BCUT2D eigenvalue weighted by molar-refractivity contribution is 7.91. The van der Waals surface area contributed by atoms with Crippen LogP contribution in [0.4, 0.5) is 4.39 Å². The zero-order valence-electron chi connectivity index (χ0n) is 18.4.